The molecule has 0 spiro atoms. The van der Waals surface area contributed by atoms with E-state index in [9.17, 15) is 13.6 Å². The number of likely N-dealkylation sites (tertiary alicyclic amines) is 1. The summed E-state index contributed by atoms with van der Waals surface area (Å²) in [7, 11) is 0. The van der Waals surface area contributed by atoms with E-state index in [0.29, 0.717) is 12.5 Å². The minimum atomic E-state index is -0.264. The average molecular weight is 580 g/mol. The Morgan fingerprint density at radius 2 is 1.46 bits per heavy atom. The van der Waals surface area contributed by atoms with Crippen LogP contribution in [0.4, 0.5) is 14.5 Å². The second-order valence-corrected chi connectivity index (χ2v) is 10.1. The summed E-state index contributed by atoms with van der Waals surface area (Å²) < 4.78 is 32.8. The highest BCUT2D eigenvalue weighted by Gasteiger charge is 2.28. The number of carbonyl (C=O) groups excluding carboxylic acids is 1. The van der Waals surface area contributed by atoms with Crippen LogP contribution in [0.2, 0.25) is 0 Å². The molecule has 3 aromatic rings. The molecule has 1 aliphatic heterocycles. The average Bonchev–Trinajstić information content (AvgIpc) is 2.92. The first kappa shape index (κ1) is 32.5. The molecule has 0 amide bonds. The lowest BCUT2D eigenvalue weighted by Crippen LogP contribution is -2.38. The van der Waals surface area contributed by atoms with Gasteiger partial charge in [0.05, 0.1) is 12.6 Å². The van der Waals surface area contributed by atoms with Gasteiger partial charge in [0.1, 0.15) is 17.4 Å². The Bertz CT molecular complexity index is 1130. The third-order valence-electron chi connectivity index (χ3n) is 7.05. The van der Waals surface area contributed by atoms with Crippen LogP contribution in [-0.4, -0.2) is 36.9 Å². The van der Waals surface area contributed by atoms with Gasteiger partial charge in [0.15, 0.2) is 5.78 Å². The highest BCUT2D eigenvalue weighted by atomic mass is 35.5. The number of hydrogen-bond donors (Lipinski definition) is 1. The van der Waals surface area contributed by atoms with Crippen molar-refractivity contribution in [1.82, 2.24) is 4.90 Å². The number of halogens is 4. The molecule has 212 valence electrons. The van der Waals surface area contributed by atoms with Crippen molar-refractivity contribution in [2.75, 3.05) is 31.6 Å². The molecule has 0 bridgehead atoms. The van der Waals surface area contributed by atoms with E-state index in [1.807, 2.05) is 50.2 Å². The van der Waals surface area contributed by atoms with Crippen LogP contribution in [0.3, 0.4) is 0 Å². The van der Waals surface area contributed by atoms with E-state index in [2.05, 4.69) is 10.2 Å². The molecular formula is C31H38Cl2F2N2O2. The van der Waals surface area contributed by atoms with Crippen molar-refractivity contribution < 1.29 is 18.3 Å². The molecule has 1 saturated heterocycles. The molecule has 0 radical (unpaired) electrons. The second-order valence-electron chi connectivity index (χ2n) is 10.1. The fourth-order valence-corrected chi connectivity index (χ4v) is 4.91. The van der Waals surface area contributed by atoms with Gasteiger partial charge in [-0.1, -0.05) is 26.0 Å². The number of hydrogen-bond acceptors (Lipinski definition) is 4. The summed E-state index contributed by atoms with van der Waals surface area (Å²) in [6.07, 6.45) is 2.96. The summed E-state index contributed by atoms with van der Waals surface area (Å²) in [5.74, 6) is 0.786. The molecule has 1 N–H and O–H groups in total. The highest BCUT2D eigenvalue weighted by Crippen LogP contribution is 2.34. The smallest absolute Gasteiger partial charge is 0.165 e. The first-order chi connectivity index (χ1) is 17.9. The van der Waals surface area contributed by atoms with Gasteiger partial charge in [-0.15, -0.1) is 24.8 Å². The maximum atomic E-state index is 13.6. The summed E-state index contributed by atoms with van der Waals surface area (Å²) in [5.41, 5.74) is 2.62. The van der Waals surface area contributed by atoms with Crippen molar-refractivity contribution in [1.29, 1.82) is 0 Å². The monoisotopic (exact) mass is 578 g/mol. The molecule has 0 aromatic heterocycles. The van der Waals surface area contributed by atoms with Gasteiger partial charge in [0.25, 0.3) is 0 Å². The number of nitrogens with one attached hydrogen (secondary N) is 1. The van der Waals surface area contributed by atoms with Gasteiger partial charge in [-0.25, -0.2) is 8.78 Å². The molecule has 4 rings (SSSR count). The molecule has 3 aromatic carbocycles. The van der Waals surface area contributed by atoms with Crippen molar-refractivity contribution in [3.63, 3.8) is 0 Å². The van der Waals surface area contributed by atoms with Gasteiger partial charge in [-0.3, -0.25) is 4.79 Å². The topological polar surface area (TPSA) is 41.6 Å². The molecule has 0 saturated carbocycles. The van der Waals surface area contributed by atoms with Crippen molar-refractivity contribution in [3.05, 3.63) is 95.6 Å². The predicted molar refractivity (Wildman–Crippen MR) is 159 cm³/mol. The van der Waals surface area contributed by atoms with E-state index in [1.54, 1.807) is 12.1 Å². The fraction of sp³-hybridized carbons (Fsp3) is 0.387. The SMILES string of the molecule is CC(C)C(=O)c1ccc(OCCCN2CCC(C(Nc3ccc(F)cc3)c3ccc(F)cc3)CC2)cc1.Cl.Cl. The Morgan fingerprint density at radius 1 is 0.897 bits per heavy atom. The van der Waals surface area contributed by atoms with Crippen LogP contribution in [-0.2, 0) is 0 Å². The molecule has 1 fully saturated rings. The van der Waals surface area contributed by atoms with Gasteiger partial charge in [-0.05, 0) is 104 Å². The van der Waals surface area contributed by atoms with Crippen LogP contribution >= 0.6 is 24.8 Å². The molecule has 1 atom stereocenters. The lowest BCUT2D eigenvalue weighted by molar-refractivity contribution is 0.0939. The van der Waals surface area contributed by atoms with E-state index >= 15 is 0 Å². The standard InChI is InChI=1S/C31H36F2N2O2.2ClH/c1-22(2)31(36)25-6-14-29(15-7-25)37-21-3-18-35-19-16-24(17-20-35)30(23-4-8-26(32)9-5-23)34-28-12-10-27(33)11-13-28;;/h4-15,22,24,30,34H,3,16-21H2,1-2H3;2*1H. The molecule has 1 aliphatic rings. The van der Waals surface area contributed by atoms with E-state index in [0.717, 1.165) is 61.5 Å². The Labute approximate surface area is 243 Å². The number of Topliss-reactive ketones (excluding diaryl/α,β-unsaturated/α-hetero) is 1. The highest BCUT2D eigenvalue weighted by molar-refractivity contribution is 5.97. The number of ketones is 1. The normalized spacial score (nSPS) is 14.7. The first-order valence-corrected chi connectivity index (χ1v) is 13.2. The Hall–Kier alpha value is -2.67. The summed E-state index contributed by atoms with van der Waals surface area (Å²) in [4.78, 5) is 14.5. The van der Waals surface area contributed by atoms with E-state index in [1.165, 1.54) is 24.3 Å². The van der Waals surface area contributed by atoms with Gasteiger partial charge in [-0.2, -0.15) is 0 Å². The van der Waals surface area contributed by atoms with Crippen LogP contribution < -0.4 is 10.1 Å². The van der Waals surface area contributed by atoms with Crippen LogP contribution in [0.15, 0.2) is 72.8 Å². The number of rotatable bonds is 11. The largest absolute Gasteiger partial charge is 0.494 e. The lowest BCUT2D eigenvalue weighted by Gasteiger charge is -2.37. The van der Waals surface area contributed by atoms with Crippen molar-refractivity contribution in [2.45, 2.75) is 39.2 Å². The Kier molecular flexibility index (Phi) is 13.2. The van der Waals surface area contributed by atoms with Crippen LogP contribution in [0.1, 0.15) is 55.1 Å². The van der Waals surface area contributed by atoms with E-state index in [-0.39, 0.29) is 54.2 Å². The zero-order valence-corrected chi connectivity index (χ0v) is 24.1. The van der Waals surface area contributed by atoms with Gasteiger partial charge >= 0.3 is 0 Å². The molecule has 0 aliphatic carbocycles. The number of carbonyl (C=O) groups is 1. The van der Waals surface area contributed by atoms with E-state index in [4.69, 9.17) is 4.74 Å². The number of ether oxygens (including phenoxy) is 1. The molecule has 8 heteroatoms. The second kappa shape index (κ2) is 15.8. The molecule has 39 heavy (non-hydrogen) atoms. The third-order valence-corrected chi connectivity index (χ3v) is 7.05. The predicted octanol–water partition coefficient (Wildman–Crippen LogP) is 7.98. The maximum absolute atomic E-state index is 13.6. The van der Waals surface area contributed by atoms with E-state index < -0.39 is 0 Å². The third kappa shape index (κ3) is 9.48. The quantitative estimate of drug-likeness (QED) is 0.185. The summed E-state index contributed by atoms with van der Waals surface area (Å²) in [6, 6.07) is 20.5. The Balaban J connectivity index is 0.00000267. The fourth-order valence-electron chi connectivity index (χ4n) is 4.91. The lowest BCUT2D eigenvalue weighted by atomic mass is 9.85. The van der Waals surface area contributed by atoms with Gasteiger partial charge in [0, 0.05) is 23.7 Å². The number of piperidine rings is 1. The Morgan fingerprint density at radius 3 is 2.03 bits per heavy atom. The minimum Gasteiger partial charge on any atom is -0.494 e. The van der Waals surface area contributed by atoms with Crippen LogP contribution in [0, 0.1) is 23.5 Å². The van der Waals surface area contributed by atoms with Crippen LogP contribution in [0.25, 0.3) is 0 Å². The first-order valence-electron chi connectivity index (χ1n) is 13.2. The summed E-state index contributed by atoms with van der Waals surface area (Å²) >= 11 is 0. The summed E-state index contributed by atoms with van der Waals surface area (Å²) in [6.45, 7) is 7.37. The molecule has 4 nitrogen and oxygen atoms in total. The molecular weight excluding hydrogens is 541 g/mol. The van der Waals surface area contributed by atoms with Crippen molar-refractivity contribution >= 4 is 36.3 Å². The van der Waals surface area contributed by atoms with Crippen molar-refractivity contribution in [2.24, 2.45) is 11.8 Å². The number of nitrogens with zero attached hydrogens (tertiary/aromatic N) is 1. The number of anilines is 1. The van der Waals surface area contributed by atoms with Gasteiger partial charge in [0.2, 0.25) is 0 Å². The molecule has 1 heterocycles. The minimum absolute atomic E-state index is 0. The zero-order chi connectivity index (χ0) is 26.2. The van der Waals surface area contributed by atoms with Gasteiger partial charge < -0.3 is 15.0 Å². The van der Waals surface area contributed by atoms with Crippen molar-refractivity contribution in [3.8, 4) is 5.75 Å². The maximum Gasteiger partial charge on any atom is 0.165 e. The summed E-state index contributed by atoms with van der Waals surface area (Å²) in [5, 5.41) is 3.57. The zero-order valence-electron chi connectivity index (χ0n) is 22.4. The van der Waals surface area contributed by atoms with Crippen LogP contribution in [0.5, 0.6) is 5.75 Å². The molecule has 1 unspecified atom stereocenters. The number of benzene rings is 3.